The minimum Gasteiger partial charge on any atom is -0.311 e. The molecule has 1 aliphatic heterocycles. The highest BCUT2D eigenvalue weighted by molar-refractivity contribution is 8.00. The lowest BCUT2D eigenvalue weighted by molar-refractivity contribution is 0.280. The van der Waals surface area contributed by atoms with Crippen molar-refractivity contribution < 1.29 is 0 Å². The number of hydrogen-bond acceptors (Lipinski definition) is 4. The first-order valence-electron chi connectivity index (χ1n) is 6.45. The molecular formula is C13H22N2S2. The van der Waals surface area contributed by atoms with Gasteiger partial charge in [-0.15, -0.1) is 11.3 Å². The third-order valence-electron chi connectivity index (χ3n) is 3.16. The second-order valence-electron chi connectivity index (χ2n) is 4.46. The van der Waals surface area contributed by atoms with Crippen LogP contribution in [0.5, 0.6) is 0 Å². The SMILES string of the molecule is CCC1CN(CCNCc2cccs2)CCS1. The molecular weight excluding hydrogens is 248 g/mol. The number of rotatable bonds is 6. The van der Waals surface area contributed by atoms with Gasteiger partial charge in [0, 0.05) is 48.6 Å². The van der Waals surface area contributed by atoms with Crippen molar-refractivity contribution in [2.24, 2.45) is 0 Å². The Bertz CT molecular complexity index is 300. The Morgan fingerprint density at radius 1 is 1.53 bits per heavy atom. The summed E-state index contributed by atoms with van der Waals surface area (Å²) in [4.78, 5) is 4.04. The van der Waals surface area contributed by atoms with Gasteiger partial charge in [-0.25, -0.2) is 0 Å². The van der Waals surface area contributed by atoms with Crippen molar-refractivity contribution in [3.8, 4) is 0 Å². The summed E-state index contributed by atoms with van der Waals surface area (Å²) in [6, 6.07) is 4.32. The minimum absolute atomic E-state index is 0.862. The van der Waals surface area contributed by atoms with Crippen molar-refractivity contribution in [1.82, 2.24) is 10.2 Å². The van der Waals surface area contributed by atoms with Gasteiger partial charge in [-0.3, -0.25) is 0 Å². The lowest BCUT2D eigenvalue weighted by atomic mass is 10.3. The van der Waals surface area contributed by atoms with Crippen LogP contribution in [0.1, 0.15) is 18.2 Å². The molecule has 1 atom stereocenters. The lowest BCUT2D eigenvalue weighted by Gasteiger charge is -2.31. The Labute approximate surface area is 113 Å². The van der Waals surface area contributed by atoms with Crippen molar-refractivity contribution in [1.29, 1.82) is 0 Å². The van der Waals surface area contributed by atoms with E-state index in [0.717, 1.165) is 18.3 Å². The molecule has 1 aromatic heterocycles. The lowest BCUT2D eigenvalue weighted by Crippen LogP contribution is -2.41. The Balaban J connectivity index is 1.58. The molecule has 0 bridgehead atoms. The van der Waals surface area contributed by atoms with Gasteiger partial charge in [0.15, 0.2) is 0 Å². The second kappa shape index (κ2) is 7.41. The van der Waals surface area contributed by atoms with E-state index in [0.29, 0.717) is 0 Å². The van der Waals surface area contributed by atoms with Crippen LogP contribution in [0.25, 0.3) is 0 Å². The Hall–Kier alpha value is -0.0300. The second-order valence-corrected chi connectivity index (χ2v) is 6.90. The molecule has 96 valence electrons. The van der Waals surface area contributed by atoms with Crippen LogP contribution in [0.2, 0.25) is 0 Å². The first kappa shape index (κ1) is 13.4. The van der Waals surface area contributed by atoms with Crippen LogP contribution in [0, 0.1) is 0 Å². The molecule has 1 aliphatic rings. The van der Waals surface area contributed by atoms with Crippen LogP contribution in [0.15, 0.2) is 17.5 Å². The normalized spacial score (nSPS) is 21.8. The highest BCUT2D eigenvalue weighted by Crippen LogP contribution is 2.20. The fourth-order valence-electron chi connectivity index (χ4n) is 2.09. The van der Waals surface area contributed by atoms with E-state index in [2.05, 4.69) is 46.4 Å². The van der Waals surface area contributed by atoms with Crippen molar-refractivity contribution in [2.75, 3.05) is 31.9 Å². The molecule has 1 aromatic rings. The molecule has 0 amide bonds. The summed E-state index contributed by atoms with van der Waals surface area (Å²) in [6.07, 6.45) is 1.31. The van der Waals surface area contributed by atoms with E-state index in [1.165, 1.54) is 36.7 Å². The summed E-state index contributed by atoms with van der Waals surface area (Å²) in [5, 5.41) is 6.54. The van der Waals surface area contributed by atoms with Crippen LogP contribution in [-0.4, -0.2) is 42.1 Å². The average Bonchev–Trinajstić information content (AvgIpc) is 2.88. The fourth-order valence-corrected chi connectivity index (χ4v) is 4.02. The van der Waals surface area contributed by atoms with Crippen molar-refractivity contribution in [3.05, 3.63) is 22.4 Å². The number of thiophene rings is 1. The maximum Gasteiger partial charge on any atom is 0.0300 e. The molecule has 4 heteroatoms. The third kappa shape index (κ3) is 4.62. The van der Waals surface area contributed by atoms with Gasteiger partial charge in [-0.05, 0) is 17.9 Å². The van der Waals surface area contributed by atoms with Crippen molar-refractivity contribution >= 4 is 23.1 Å². The molecule has 0 radical (unpaired) electrons. The molecule has 17 heavy (non-hydrogen) atoms. The highest BCUT2D eigenvalue weighted by Gasteiger charge is 2.17. The molecule has 2 nitrogen and oxygen atoms in total. The van der Waals surface area contributed by atoms with Gasteiger partial charge in [-0.2, -0.15) is 11.8 Å². The average molecular weight is 270 g/mol. The number of thioether (sulfide) groups is 1. The van der Waals surface area contributed by atoms with Crippen LogP contribution >= 0.6 is 23.1 Å². The maximum absolute atomic E-state index is 3.53. The fraction of sp³-hybridized carbons (Fsp3) is 0.692. The Kier molecular flexibility index (Phi) is 5.85. The molecule has 1 fully saturated rings. The summed E-state index contributed by atoms with van der Waals surface area (Å²) >= 11 is 3.98. The predicted molar refractivity (Wildman–Crippen MR) is 79.0 cm³/mol. The molecule has 0 aliphatic carbocycles. The van der Waals surface area contributed by atoms with Gasteiger partial charge < -0.3 is 10.2 Å². The van der Waals surface area contributed by atoms with Crippen molar-refractivity contribution in [3.63, 3.8) is 0 Å². The van der Waals surface area contributed by atoms with E-state index >= 15 is 0 Å². The minimum atomic E-state index is 0.862. The first-order valence-corrected chi connectivity index (χ1v) is 8.38. The number of nitrogens with one attached hydrogen (secondary N) is 1. The zero-order chi connectivity index (χ0) is 11.9. The summed E-state index contributed by atoms with van der Waals surface area (Å²) in [6.45, 7) is 8.18. The van der Waals surface area contributed by atoms with E-state index < -0.39 is 0 Å². The number of hydrogen-bond donors (Lipinski definition) is 1. The maximum atomic E-state index is 3.53. The van der Waals surface area contributed by atoms with Crippen LogP contribution in [0.3, 0.4) is 0 Å². The summed E-state index contributed by atoms with van der Waals surface area (Å²) in [7, 11) is 0. The quantitative estimate of drug-likeness (QED) is 0.800. The zero-order valence-corrected chi connectivity index (χ0v) is 12.2. The van der Waals surface area contributed by atoms with E-state index in [9.17, 15) is 0 Å². The van der Waals surface area contributed by atoms with E-state index in [1.807, 2.05) is 11.3 Å². The largest absolute Gasteiger partial charge is 0.311 e. The van der Waals surface area contributed by atoms with E-state index in [1.54, 1.807) is 0 Å². The number of nitrogens with zero attached hydrogens (tertiary/aromatic N) is 1. The van der Waals surface area contributed by atoms with E-state index in [-0.39, 0.29) is 0 Å². The molecule has 0 saturated carbocycles. The molecule has 0 spiro atoms. The molecule has 1 saturated heterocycles. The van der Waals surface area contributed by atoms with Crippen LogP contribution in [-0.2, 0) is 6.54 Å². The van der Waals surface area contributed by atoms with Crippen LogP contribution < -0.4 is 5.32 Å². The first-order chi connectivity index (χ1) is 8.38. The van der Waals surface area contributed by atoms with Crippen LogP contribution in [0.4, 0.5) is 0 Å². The van der Waals surface area contributed by atoms with Gasteiger partial charge in [-0.1, -0.05) is 13.0 Å². The molecule has 2 heterocycles. The monoisotopic (exact) mass is 270 g/mol. The standard InChI is InChI=1S/C13H22N2S2/c1-2-12-11-15(7-9-17-12)6-5-14-10-13-4-3-8-16-13/h3-4,8,12,14H,2,5-7,9-11H2,1H3. The molecule has 1 N–H and O–H groups in total. The van der Waals surface area contributed by atoms with Gasteiger partial charge in [0.05, 0.1) is 0 Å². The zero-order valence-electron chi connectivity index (χ0n) is 10.5. The molecule has 2 rings (SSSR count). The third-order valence-corrected chi connectivity index (χ3v) is 5.41. The smallest absolute Gasteiger partial charge is 0.0300 e. The predicted octanol–water partition coefficient (Wildman–Crippen LogP) is 2.67. The van der Waals surface area contributed by atoms with Gasteiger partial charge >= 0.3 is 0 Å². The molecule has 0 aromatic carbocycles. The topological polar surface area (TPSA) is 15.3 Å². The van der Waals surface area contributed by atoms with Crippen molar-refractivity contribution in [2.45, 2.75) is 25.1 Å². The Morgan fingerprint density at radius 3 is 3.24 bits per heavy atom. The molecule has 1 unspecified atom stereocenters. The Morgan fingerprint density at radius 2 is 2.47 bits per heavy atom. The summed E-state index contributed by atoms with van der Waals surface area (Å²) in [5.74, 6) is 1.31. The van der Waals surface area contributed by atoms with Gasteiger partial charge in [0.2, 0.25) is 0 Å². The highest BCUT2D eigenvalue weighted by atomic mass is 32.2. The van der Waals surface area contributed by atoms with Gasteiger partial charge in [0.25, 0.3) is 0 Å². The summed E-state index contributed by atoms with van der Waals surface area (Å²) < 4.78 is 0. The summed E-state index contributed by atoms with van der Waals surface area (Å²) in [5.41, 5.74) is 0. The van der Waals surface area contributed by atoms with Gasteiger partial charge in [0.1, 0.15) is 0 Å². The van der Waals surface area contributed by atoms with E-state index in [4.69, 9.17) is 0 Å².